The fraction of sp³-hybridized carbons (Fsp3) is 0.562. The van der Waals surface area contributed by atoms with Crippen molar-refractivity contribution in [3.63, 3.8) is 0 Å². The van der Waals surface area contributed by atoms with Crippen LogP contribution in [-0.2, 0) is 6.54 Å². The lowest BCUT2D eigenvalue weighted by Gasteiger charge is -2.38. The van der Waals surface area contributed by atoms with E-state index in [4.69, 9.17) is 5.73 Å². The number of hydrogen-bond acceptors (Lipinski definition) is 3. The lowest BCUT2D eigenvalue weighted by Crippen LogP contribution is -2.38. The molecule has 0 spiro atoms. The molecule has 1 aromatic heterocycles. The van der Waals surface area contributed by atoms with Crippen molar-refractivity contribution in [2.24, 2.45) is 5.41 Å². The molecule has 0 aliphatic carbocycles. The molecular weight excluding hydrogens is 248 g/mol. The van der Waals surface area contributed by atoms with Crippen LogP contribution >= 0.6 is 0 Å². The van der Waals surface area contributed by atoms with E-state index in [0.717, 1.165) is 12.1 Å². The Morgan fingerprint density at radius 3 is 2.70 bits per heavy atom. The summed E-state index contributed by atoms with van der Waals surface area (Å²) in [6.07, 6.45) is 2.43. The number of fused-ring (bicyclic) bond motifs is 1. The third-order valence-corrected chi connectivity index (χ3v) is 4.67. The highest BCUT2D eigenvalue weighted by Crippen LogP contribution is 2.34. The number of nitrogens with zero attached hydrogens (tertiary/aromatic N) is 3. The van der Waals surface area contributed by atoms with Gasteiger partial charge < -0.3 is 15.2 Å². The van der Waals surface area contributed by atoms with Crippen molar-refractivity contribution in [2.75, 3.05) is 25.9 Å². The zero-order valence-electron chi connectivity index (χ0n) is 12.7. The van der Waals surface area contributed by atoms with Gasteiger partial charge in [0.05, 0.1) is 11.0 Å². The van der Waals surface area contributed by atoms with Gasteiger partial charge in [0.1, 0.15) is 0 Å². The molecular formula is C16H24N4. The monoisotopic (exact) mass is 272 g/mol. The van der Waals surface area contributed by atoms with Crippen molar-refractivity contribution in [3.8, 4) is 0 Å². The molecule has 2 aromatic rings. The molecule has 1 aromatic carbocycles. The van der Waals surface area contributed by atoms with Gasteiger partial charge in [0.25, 0.3) is 0 Å². The highest BCUT2D eigenvalue weighted by Gasteiger charge is 2.30. The van der Waals surface area contributed by atoms with Crippen LogP contribution in [0.15, 0.2) is 18.2 Å². The second-order valence-corrected chi connectivity index (χ2v) is 6.66. The smallest absolute Gasteiger partial charge is 0.201 e. The van der Waals surface area contributed by atoms with Crippen LogP contribution in [0.25, 0.3) is 11.0 Å². The lowest BCUT2D eigenvalue weighted by atomic mass is 9.80. The van der Waals surface area contributed by atoms with E-state index < -0.39 is 0 Å². The van der Waals surface area contributed by atoms with E-state index in [1.165, 1.54) is 37.0 Å². The lowest BCUT2D eigenvalue weighted by molar-refractivity contribution is 0.122. The zero-order chi connectivity index (χ0) is 14.3. The number of nitrogen functional groups attached to an aromatic ring is 1. The molecule has 3 rings (SSSR count). The largest absolute Gasteiger partial charge is 0.369 e. The molecule has 1 aliphatic rings. The first kappa shape index (κ1) is 13.4. The Kier molecular flexibility index (Phi) is 3.21. The minimum atomic E-state index is 0.317. The maximum Gasteiger partial charge on any atom is 0.201 e. The van der Waals surface area contributed by atoms with E-state index in [-0.39, 0.29) is 0 Å². The number of likely N-dealkylation sites (tertiary alicyclic amines) is 1. The minimum Gasteiger partial charge on any atom is -0.369 e. The first-order valence-corrected chi connectivity index (χ1v) is 7.38. The summed E-state index contributed by atoms with van der Waals surface area (Å²) in [7, 11) is 2.20. The van der Waals surface area contributed by atoms with Gasteiger partial charge in [-0.25, -0.2) is 4.98 Å². The van der Waals surface area contributed by atoms with Crippen LogP contribution in [0.1, 0.15) is 25.3 Å². The number of benzene rings is 1. The quantitative estimate of drug-likeness (QED) is 0.914. The number of aromatic nitrogens is 2. The van der Waals surface area contributed by atoms with Gasteiger partial charge in [0.15, 0.2) is 0 Å². The van der Waals surface area contributed by atoms with Gasteiger partial charge in [-0.05, 0) is 63.0 Å². The Bertz CT molecular complexity index is 621. The number of imidazole rings is 1. The molecule has 0 atom stereocenters. The van der Waals surface area contributed by atoms with E-state index in [0.29, 0.717) is 11.4 Å². The molecule has 0 saturated carbocycles. The number of nitrogens with two attached hydrogens (primary N) is 1. The maximum atomic E-state index is 6.15. The average molecular weight is 272 g/mol. The summed E-state index contributed by atoms with van der Waals surface area (Å²) in [6.45, 7) is 7.79. The van der Waals surface area contributed by atoms with E-state index in [1.54, 1.807) is 0 Å². The standard InChI is InChI=1S/C16H24N4/c1-12-4-5-13-14(10-12)20(15(17)18-13)11-16(2)6-8-19(3)9-7-16/h4-5,10H,6-9,11H2,1-3H3,(H2,17,18). The Labute approximate surface area is 120 Å². The third-order valence-electron chi connectivity index (χ3n) is 4.67. The van der Waals surface area contributed by atoms with Gasteiger partial charge in [-0.15, -0.1) is 0 Å². The number of piperidine rings is 1. The van der Waals surface area contributed by atoms with Gasteiger partial charge in [0, 0.05) is 6.54 Å². The summed E-state index contributed by atoms with van der Waals surface area (Å²) < 4.78 is 2.20. The Balaban J connectivity index is 1.94. The van der Waals surface area contributed by atoms with Gasteiger partial charge in [0.2, 0.25) is 5.95 Å². The topological polar surface area (TPSA) is 47.1 Å². The molecule has 0 radical (unpaired) electrons. The molecule has 108 valence electrons. The van der Waals surface area contributed by atoms with Crippen molar-refractivity contribution in [3.05, 3.63) is 23.8 Å². The maximum absolute atomic E-state index is 6.15. The summed E-state index contributed by atoms with van der Waals surface area (Å²) in [5.74, 6) is 0.644. The Hall–Kier alpha value is -1.55. The van der Waals surface area contributed by atoms with Crippen LogP contribution in [0.2, 0.25) is 0 Å². The fourth-order valence-corrected chi connectivity index (χ4v) is 3.12. The first-order chi connectivity index (χ1) is 9.47. The Morgan fingerprint density at radius 1 is 1.30 bits per heavy atom. The second kappa shape index (κ2) is 4.77. The van der Waals surface area contributed by atoms with E-state index >= 15 is 0 Å². The molecule has 4 heteroatoms. The van der Waals surface area contributed by atoms with Gasteiger partial charge in [-0.1, -0.05) is 13.0 Å². The minimum absolute atomic E-state index is 0.317. The van der Waals surface area contributed by atoms with Crippen LogP contribution in [0.3, 0.4) is 0 Å². The van der Waals surface area contributed by atoms with Crippen LogP contribution in [-0.4, -0.2) is 34.6 Å². The second-order valence-electron chi connectivity index (χ2n) is 6.66. The molecule has 0 bridgehead atoms. The highest BCUT2D eigenvalue weighted by molar-refractivity contribution is 5.79. The SMILES string of the molecule is Cc1ccc2nc(N)n(CC3(C)CCN(C)CC3)c2c1. The predicted octanol–water partition coefficient (Wildman–Crippen LogP) is 2.66. The normalized spacial score (nSPS) is 19.6. The van der Waals surface area contributed by atoms with Crippen LogP contribution in [0, 0.1) is 12.3 Å². The van der Waals surface area contributed by atoms with Crippen LogP contribution in [0.4, 0.5) is 5.95 Å². The molecule has 2 N–H and O–H groups in total. The Morgan fingerprint density at radius 2 is 2.00 bits per heavy atom. The van der Waals surface area contributed by atoms with Crippen LogP contribution < -0.4 is 5.73 Å². The summed E-state index contributed by atoms with van der Waals surface area (Å²) in [5.41, 5.74) is 9.90. The van der Waals surface area contributed by atoms with Crippen LogP contribution in [0.5, 0.6) is 0 Å². The fourth-order valence-electron chi connectivity index (χ4n) is 3.12. The number of anilines is 1. The summed E-state index contributed by atoms with van der Waals surface area (Å²) in [6, 6.07) is 6.35. The van der Waals surface area contributed by atoms with Crippen molar-refractivity contribution in [2.45, 2.75) is 33.2 Å². The van der Waals surface area contributed by atoms with Crippen molar-refractivity contribution < 1.29 is 0 Å². The molecule has 2 heterocycles. The summed E-state index contributed by atoms with van der Waals surface area (Å²) in [5, 5.41) is 0. The van der Waals surface area contributed by atoms with E-state index in [2.05, 4.69) is 53.5 Å². The molecule has 0 amide bonds. The molecule has 0 unspecified atom stereocenters. The molecule has 1 aliphatic heterocycles. The predicted molar refractivity (Wildman–Crippen MR) is 83.7 cm³/mol. The van der Waals surface area contributed by atoms with E-state index in [9.17, 15) is 0 Å². The van der Waals surface area contributed by atoms with Crippen molar-refractivity contribution in [1.82, 2.24) is 14.5 Å². The third kappa shape index (κ3) is 2.40. The first-order valence-electron chi connectivity index (χ1n) is 7.38. The highest BCUT2D eigenvalue weighted by atomic mass is 15.2. The molecule has 1 saturated heterocycles. The summed E-state index contributed by atoms with van der Waals surface area (Å²) >= 11 is 0. The molecule has 1 fully saturated rings. The molecule has 4 nitrogen and oxygen atoms in total. The average Bonchev–Trinajstić information content (AvgIpc) is 2.70. The molecule has 20 heavy (non-hydrogen) atoms. The van der Waals surface area contributed by atoms with Gasteiger partial charge in [-0.2, -0.15) is 0 Å². The van der Waals surface area contributed by atoms with Crippen molar-refractivity contribution in [1.29, 1.82) is 0 Å². The van der Waals surface area contributed by atoms with Gasteiger partial charge in [-0.3, -0.25) is 0 Å². The van der Waals surface area contributed by atoms with Gasteiger partial charge >= 0.3 is 0 Å². The van der Waals surface area contributed by atoms with E-state index in [1.807, 2.05) is 0 Å². The zero-order valence-corrected chi connectivity index (χ0v) is 12.7. The number of hydrogen-bond donors (Lipinski definition) is 1. The number of rotatable bonds is 2. The summed E-state index contributed by atoms with van der Waals surface area (Å²) in [4.78, 5) is 6.90. The van der Waals surface area contributed by atoms with Crippen molar-refractivity contribution >= 4 is 17.0 Å². The number of aryl methyl sites for hydroxylation is 1.